The van der Waals surface area contributed by atoms with Crippen LogP contribution in [0.1, 0.15) is 10.4 Å². The highest BCUT2D eigenvalue weighted by molar-refractivity contribution is 6.04. The molecule has 1 amide bonds. The maximum absolute atomic E-state index is 12.0. The number of anilines is 1. The predicted molar refractivity (Wildman–Crippen MR) is 70.7 cm³/mol. The Morgan fingerprint density at radius 1 is 1.32 bits per heavy atom. The van der Waals surface area contributed by atoms with Crippen LogP contribution in [0.25, 0.3) is 0 Å². The molecule has 2 rings (SSSR count). The molecule has 6 nitrogen and oxygen atoms in total. The number of rotatable bonds is 4. The van der Waals surface area contributed by atoms with Gasteiger partial charge in [0.05, 0.1) is 31.7 Å². The molecule has 2 aromatic rings. The van der Waals surface area contributed by atoms with Gasteiger partial charge >= 0.3 is 0 Å². The maximum atomic E-state index is 12.0. The second-order valence-corrected chi connectivity index (χ2v) is 3.92. The second kappa shape index (κ2) is 5.43. The molecule has 1 aromatic heterocycles. The molecular weight excluding hydrogens is 246 g/mol. The lowest BCUT2D eigenvalue weighted by molar-refractivity contribution is 0.102. The van der Waals surface area contributed by atoms with Crippen molar-refractivity contribution >= 4 is 11.6 Å². The molecule has 0 aliphatic rings. The van der Waals surface area contributed by atoms with Crippen LogP contribution >= 0.6 is 0 Å². The second-order valence-electron chi connectivity index (χ2n) is 3.92. The minimum Gasteiger partial charge on any atom is -0.497 e. The molecule has 100 valence electrons. The van der Waals surface area contributed by atoms with E-state index in [1.54, 1.807) is 43.2 Å². The van der Waals surface area contributed by atoms with E-state index < -0.39 is 0 Å². The first-order chi connectivity index (χ1) is 9.13. The molecule has 0 spiro atoms. The van der Waals surface area contributed by atoms with Crippen molar-refractivity contribution in [1.29, 1.82) is 0 Å². The number of benzene rings is 1. The lowest BCUT2D eigenvalue weighted by Gasteiger charge is -2.10. The molecule has 0 atom stereocenters. The topological polar surface area (TPSA) is 65.4 Å². The van der Waals surface area contributed by atoms with Crippen LogP contribution in [0.2, 0.25) is 0 Å². The number of hydrogen-bond acceptors (Lipinski definition) is 4. The SMILES string of the molecule is COc1ccc(NC(=O)c2cnn(C)c2)c(OC)c1. The molecule has 1 heterocycles. The summed E-state index contributed by atoms with van der Waals surface area (Å²) in [5.41, 5.74) is 1.07. The van der Waals surface area contributed by atoms with Gasteiger partial charge in [-0.25, -0.2) is 0 Å². The van der Waals surface area contributed by atoms with Gasteiger partial charge in [0, 0.05) is 19.3 Å². The molecule has 19 heavy (non-hydrogen) atoms. The summed E-state index contributed by atoms with van der Waals surface area (Å²) in [4.78, 5) is 12.0. The average Bonchev–Trinajstić information content (AvgIpc) is 2.86. The van der Waals surface area contributed by atoms with Crippen molar-refractivity contribution in [1.82, 2.24) is 9.78 Å². The minimum absolute atomic E-state index is 0.239. The Morgan fingerprint density at radius 2 is 2.11 bits per heavy atom. The average molecular weight is 261 g/mol. The number of nitrogens with zero attached hydrogens (tertiary/aromatic N) is 2. The first-order valence-electron chi connectivity index (χ1n) is 5.66. The molecule has 0 fully saturated rings. The Kier molecular flexibility index (Phi) is 3.70. The number of nitrogens with one attached hydrogen (secondary N) is 1. The number of carbonyl (C=O) groups is 1. The molecule has 1 aromatic carbocycles. The third-order valence-corrected chi connectivity index (χ3v) is 2.62. The normalized spacial score (nSPS) is 10.1. The fraction of sp³-hybridized carbons (Fsp3) is 0.231. The van der Waals surface area contributed by atoms with E-state index in [1.807, 2.05) is 0 Å². The van der Waals surface area contributed by atoms with Crippen molar-refractivity contribution in [2.45, 2.75) is 0 Å². The Hall–Kier alpha value is -2.50. The van der Waals surface area contributed by atoms with Crippen molar-refractivity contribution in [3.05, 3.63) is 36.2 Å². The van der Waals surface area contributed by atoms with Crippen LogP contribution in [0.3, 0.4) is 0 Å². The molecule has 6 heteroatoms. The first-order valence-corrected chi connectivity index (χ1v) is 5.66. The highest BCUT2D eigenvalue weighted by Crippen LogP contribution is 2.29. The van der Waals surface area contributed by atoms with Gasteiger partial charge < -0.3 is 14.8 Å². The Morgan fingerprint density at radius 3 is 2.68 bits per heavy atom. The standard InChI is InChI=1S/C13H15N3O3/c1-16-8-9(7-14-16)13(17)15-11-5-4-10(18-2)6-12(11)19-3/h4-8H,1-3H3,(H,15,17). The van der Waals surface area contributed by atoms with Gasteiger partial charge in [-0.15, -0.1) is 0 Å². The lowest BCUT2D eigenvalue weighted by Crippen LogP contribution is -2.12. The lowest BCUT2D eigenvalue weighted by atomic mass is 10.2. The summed E-state index contributed by atoms with van der Waals surface area (Å²) in [6.45, 7) is 0. The van der Waals surface area contributed by atoms with Crippen LogP contribution in [0.15, 0.2) is 30.6 Å². The molecule has 0 unspecified atom stereocenters. The van der Waals surface area contributed by atoms with Crippen LogP contribution in [0.4, 0.5) is 5.69 Å². The quantitative estimate of drug-likeness (QED) is 0.909. The van der Waals surface area contributed by atoms with Crippen molar-refractivity contribution < 1.29 is 14.3 Å². The number of hydrogen-bond donors (Lipinski definition) is 1. The van der Waals surface area contributed by atoms with Crippen molar-refractivity contribution in [2.24, 2.45) is 7.05 Å². The first kappa shape index (κ1) is 12.9. The van der Waals surface area contributed by atoms with Gasteiger partial charge in [0.25, 0.3) is 5.91 Å². The van der Waals surface area contributed by atoms with Crippen LogP contribution in [-0.4, -0.2) is 29.9 Å². The van der Waals surface area contributed by atoms with E-state index in [0.717, 1.165) is 0 Å². The van der Waals surface area contributed by atoms with Crippen LogP contribution < -0.4 is 14.8 Å². The van der Waals surface area contributed by atoms with Gasteiger partial charge in [-0.1, -0.05) is 0 Å². The zero-order valence-corrected chi connectivity index (χ0v) is 11.0. The summed E-state index contributed by atoms with van der Waals surface area (Å²) in [7, 11) is 4.86. The molecular formula is C13H15N3O3. The van der Waals surface area contributed by atoms with E-state index in [2.05, 4.69) is 10.4 Å². The molecule has 0 aliphatic heterocycles. The van der Waals surface area contributed by atoms with Gasteiger partial charge in [-0.2, -0.15) is 5.10 Å². The van der Waals surface area contributed by atoms with Crippen LogP contribution in [-0.2, 0) is 7.05 Å². The van der Waals surface area contributed by atoms with E-state index in [1.165, 1.54) is 13.3 Å². The van der Waals surface area contributed by atoms with Crippen LogP contribution in [0, 0.1) is 0 Å². The Bertz CT molecular complexity index is 593. The van der Waals surface area contributed by atoms with Gasteiger partial charge in [-0.3, -0.25) is 9.48 Å². The van der Waals surface area contributed by atoms with E-state index in [0.29, 0.717) is 22.7 Å². The third-order valence-electron chi connectivity index (χ3n) is 2.62. The number of carbonyl (C=O) groups excluding carboxylic acids is 1. The number of ether oxygens (including phenoxy) is 2. The maximum Gasteiger partial charge on any atom is 0.258 e. The van der Waals surface area contributed by atoms with Gasteiger partial charge in [-0.05, 0) is 12.1 Å². The predicted octanol–water partition coefficient (Wildman–Crippen LogP) is 1.69. The number of amides is 1. The zero-order valence-electron chi connectivity index (χ0n) is 11.0. The van der Waals surface area contributed by atoms with Gasteiger partial charge in [0.1, 0.15) is 11.5 Å². The van der Waals surface area contributed by atoms with Crippen molar-refractivity contribution in [2.75, 3.05) is 19.5 Å². The van der Waals surface area contributed by atoms with E-state index in [-0.39, 0.29) is 5.91 Å². The summed E-state index contributed by atoms with van der Waals surface area (Å²) in [6.07, 6.45) is 3.15. The smallest absolute Gasteiger partial charge is 0.258 e. The fourth-order valence-electron chi connectivity index (χ4n) is 1.63. The number of aromatic nitrogens is 2. The zero-order chi connectivity index (χ0) is 13.8. The van der Waals surface area contributed by atoms with Gasteiger partial charge in [0.2, 0.25) is 0 Å². The highest BCUT2D eigenvalue weighted by atomic mass is 16.5. The fourth-order valence-corrected chi connectivity index (χ4v) is 1.63. The molecule has 0 radical (unpaired) electrons. The molecule has 0 saturated heterocycles. The Labute approximate surface area is 110 Å². The van der Waals surface area contributed by atoms with E-state index in [4.69, 9.17) is 9.47 Å². The molecule has 0 saturated carbocycles. The Balaban J connectivity index is 2.21. The highest BCUT2D eigenvalue weighted by Gasteiger charge is 2.11. The summed E-state index contributed by atoms with van der Waals surface area (Å²) in [5.74, 6) is 0.962. The number of methoxy groups -OCH3 is 2. The summed E-state index contributed by atoms with van der Waals surface area (Å²) in [5, 5.41) is 6.72. The minimum atomic E-state index is -0.239. The van der Waals surface area contributed by atoms with Crippen LogP contribution in [0.5, 0.6) is 11.5 Å². The number of aryl methyl sites for hydroxylation is 1. The molecule has 0 bridgehead atoms. The molecule has 1 N–H and O–H groups in total. The van der Waals surface area contributed by atoms with E-state index in [9.17, 15) is 4.79 Å². The van der Waals surface area contributed by atoms with Crippen molar-refractivity contribution in [3.63, 3.8) is 0 Å². The largest absolute Gasteiger partial charge is 0.497 e. The molecule has 0 aliphatic carbocycles. The third kappa shape index (κ3) is 2.85. The van der Waals surface area contributed by atoms with E-state index >= 15 is 0 Å². The summed E-state index contributed by atoms with van der Waals surface area (Å²) >= 11 is 0. The summed E-state index contributed by atoms with van der Waals surface area (Å²) in [6, 6.07) is 5.19. The van der Waals surface area contributed by atoms with Crippen molar-refractivity contribution in [3.8, 4) is 11.5 Å². The monoisotopic (exact) mass is 261 g/mol. The van der Waals surface area contributed by atoms with Gasteiger partial charge in [0.15, 0.2) is 0 Å². The summed E-state index contributed by atoms with van der Waals surface area (Å²) < 4.78 is 11.9.